The molecule has 0 amide bonds. The minimum Gasteiger partial charge on any atom is -0.494 e. The molecule has 0 unspecified atom stereocenters. The highest BCUT2D eigenvalue weighted by Crippen LogP contribution is 2.10. The van der Waals surface area contributed by atoms with Gasteiger partial charge < -0.3 is 4.74 Å². The molecule has 0 fully saturated rings. The van der Waals surface area contributed by atoms with Gasteiger partial charge in [-0.2, -0.15) is 0 Å². The molecule has 0 aromatic carbocycles. The minimum absolute atomic E-state index is 0.715. The van der Waals surface area contributed by atoms with Crippen LogP contribution in [0.25, 0.3) is 0 Å². The van der Waals surface area contributed by atoms with E-state index in [-0.39, 0.29) is 0 Å². The smallest absolute Gasteiger partial charge is 0.122 e. The maximum absolute atomic E-state index is 5.31. The Bertz CT molecular complexity index is 223. The highest BCUT2D eigenvalue weighted by Gasteiger charge is 1.93. The van der Waals surface area contributed by atoms with Crippen LogP contribution < -0.4 is 4.74 Å². The first-order valence-corrected chi connectivity index (χ1v) is 3.94. The van der Waals surface area contributed by atoms with E-state index in [0.29, 0.717) is 6.61 Å². The molecular weight excluding hydrogens is 138 g/mol. The van der Waals surface area contributed by atoms with Crippen LogP contribution in [-0.4, -0.2) is 11.6 Å². The number of nitrogens with zero attached hydrogens (tertiary/aromatic N) is 1. The van der Waals surface area contributed by atoms with Crippen molar-refractivity contribution in [3.05, 3.63) is 24.0 Å². The van der Waals surface area contributed by atoms with Gasteiger partial charge in [-0.25, -0.2) is 0 Å². The monoisotopic (exact) mass is 151 g/mol. The van der Waals surface area contributed by atoms with E-state index in [1.165, 1.54) is 0 Å². The predicted molar refractivity (Wildman–Crippen MR) is 44.8 cm³/mol. The van der Waals surface area contributed by atoms with Gasteiger partial charge in [-0.1, -0.05) is 6.92 Å². The van der Waals surface area contributed by atoms with Gasteiger partial charge in [0.05, 0.1) is 6.61 Å². The third-order valence-corrected chi connectivity index (χ3v) is 1.46. The second-order valence-corrected chi connectivity index (χ2v) is 2.27. The van der Waals surface area contributed by atoms with Crippen LogP contribution in [0.5, 0.6) is 5.75 Å². The number of hydrogen-bond donors (Lipinski definition) is 0. The molecule has 11 heavy (non-hydrogen) atoms. The van der Waals surface area contributed by atoms with E-state index in [1.54, 1.807) is 6.20 Å². The highest BCUT2D eigenvalue weighted by atomic mass is 16.5. The molecular formula is C9H13NO. The largest absolute Gasteiger partial charge is 0.494 e. The summed E-state index contributed by atoms with van der Waals surface area (Å²) in [5.41, 5.74) is 1.08. The molecule has 0 spiro atoms. The van der Waals surface area contributed by atoms with Gasteiger partial charge in [0.2, 0.25) is 0 Å². The van der Waals surface area contributed by atoms with Gasteiger partial charge in [0, 0.05) is 18.0 Å². The van der Waals surface area contributed by atoms with Gasteiger partial charge in [-0.15, -0.1) is 0 Å². The van der Waals surface area contributed by atoms with Crippen LogP contribution in [-0.2, 0) is 6.42 Å². The summed E-state index contributed by atoms with van der Waals surface area (Å²) in [6.07, 6.45) is 2.74. The Balaban J connectivity index is 2.74. The van der Waals surface area contributed by atoms with Crippen molar-refractivity contribution in [3.63, 3.8) is 0 Å². The lowest BCUT2D eigenvalue weighted by Gasteiger charge is -2.02. The molecule has 0 saturated carbocycles. The molecule has 0 aliphatic carbocycles. The van der Waals surface area contributed by atoms with E-state index in [9.17, 15) is 0 Å². The van der Waals surface area contributed by atoms with Crippen LogP contribution >= 0.6 is 0 Å². The first-order chi connectivity index (χ1) is 5.36. The number of rotatable bonds is 3. The van der Waals surface area contributed by atoms with Crippen molar-refractivity contribution < 1.29 is 4.74 Å². The second kappa shape index (κ2) is 3.96. The standard InChI is InChI=1S/C9H13NO/c1-3-8-7-9(11-4-2)5-6-10-8/h5-7H,3-4H2,1-2H3. The van der Waals surface area contributed by atoms with E-state index in [4.69, 9.17) is 4.74 Å². The molecule has 0 aliphatic heterocycles. The van der Waals surface area contributed by atoms with E-state index in [2.05, 4.69) is 11.9 Å². The predicted octanol–water partition coefficient (Wildman–Crippen LogP) is 2.04. The van der Waals surface area contributed by atoms with Gasteiger partial charge in [0.25, 0.3) is 0 Å². The Morgan fingerprint density at radius 3 is 2.91 bits per heavy atom. The lowest BCUT2D eigenvalue weighted by atomic mass is 10.3. The summed E-state index contributed by atoms with van der Waals surface area (Å²) in [6, 6.07) is 3.85. The van der Waals surface area contributed by atoms with E-state index in [0.717, 1.165) is 17.9 Å². The highest BCUT2D eigenvalue weighted by molar-refractivity contribution is 5.22. The first-order valence-electron chi connectivity index (χ1n) is 3.94. The number of pyridine rings is 1. The van der Waals surface area contributed by atoms with Gasteiger partial charge >= 0.3 is 0 Å². The third-order valence-electron chi connectivity index (χ3n) is 1.46. The van der Waals surface area contributed by atoms with E-state index >= 15 is 0 Å². The molecule has 1 heterocycles. The molecule has 2 heteroatoms. The Kier molecular flexibility index (Phi) is 2.90. The molecule has 2 nitrogen and oxygen atoms in total. The topological polar surface area (TPSA) is 22.1 Å². The molecule has 1 aromatic heterocycles. The Morgan fingerprint density at radius 2 is 2.27 bits per heavy atom. The van der Waals surface area contributed by atoms with Crippen molar-refractivity contribution in [1.82, 2.24) is 4.98 Å². The normalized spacial score (nSPS) is 9.64. The van der Waals surface area contributed by atoms with Crippen molar-refractivity contribution in [3.8, 4) is 5.75 Å². The Morgan fingerprint density at radius 1 is 1.45 bits per heavy atom. The summed E-state index contributed by atoms with van der Waals surface area (Å²) in [7, 11) is 0. The average molecular weight is 151 g/mol. The zero-order valence-electron chi connectivity index (χ0n) is 7.00. The molecule has 1 aromatic rings. The summed E-state index contributed by atoms with van der Waals surface area (Å²) < 4.78 is 5.31. The Hall–Kier alpha value is -1.05. The van der Waals surface area contributed by atoms with Gasteiger partial charge in [0.15, 0.2) is 0 Å². The lowest BCUT2D eigenvalue weighted by molar-refractivity contribution is 0.339. The number of aromatic nitrogens is 1. The SMILES string of the molecule is CCOc1ccnc(CC)c1. The summed E-state index contributed by atoms with van der Waals surface area (Å²) in [4.78, 5) is 4.16. The van der Waals surface area contributed by atoms with Crippen LogP contribution in [0.1, 0.15) is 19.5 Å². The third kappa shape index (κ3) is 2.22. The van der Waals surface area contributed by atoms with Gasteiger partial charge in [-0.05, 0) is 19.4 Å². The van der Waals surface area contributed by atoms with Gasteiger partial charge in [0.1, 0.15) is 5.75 Å². The molecule has 0 aliphatic rings. The van der Waals surface area contributed by atoms with Crippen molar-refractivity contribution in [2.24, 2.45) is 0 Å². The second-order valence-electron chi connectivity index (χ2n) is 2.27. The van der Waals surface area contributed by atoms with Crippen molar-refractivity contribution in [1.29, 1.82) is 0 Å². The average Bonchev–Trinajstić information content (AvgIpc) is 2.06. The fraction of sp³-hybridized carbons (Fsp3) is 0.444. The molecule has 0 saturated heterocycles. The van der Waals surface area contributed by atoms with Crippen LogP contribution in [0.2, 0.25) is 0 Å². The summed E-state index contributed by atoms with van der Waals surface area (Å²) >= 11 is 0. The number of aryl methyl sites for hydroxylation is 1. The van der Waals surface area contributed by atoms with Crippen LogP contribution in [0, 0.1) is 0 Å². The molecule has 0 bridgehead atoms. The maximum atomic E-state index is 5.31. The van der Waals surface area contributed by atoms with Crippen LogP contribution in [0.4, 0.5) is 0 Å². The molecule has 1 rings (SSSR count). The summed E-state index contributed by atoms with van der Waals surface area (Å²) in [6.45, 7) is 4.78. The Labute approximate surface area is 67.2 Å². The lowest BCUT2D eigenvalue weighted by Crippen LogP contribution is -1.93. The summed E-state index contributed by atoms with van der Waals surface area (Å²) in [5.74, 6) is 0.916. The number of ether oxygens (including phenoxy) is 1. The van der Waals surface area contributed by atoms with E-state index in [1.807, 2.05) is 19.1 Å². The molecule has 60 valence electrons. The fourth-order valence-electron chi connectivity index (χ4n) is 0.906. The molecule has 0 radical (unpaired) electrons. The van der Waals surface area contributed by atoms with E-state index < -0.39 is 0 Å². The fourth-order valence-corrected chi connectivity index (χ4v) is 0.906. The van der Waals surface area contributed by atoms with Crippen molar-refractivity contribution in [2.75, 3.05) is 6.61 Å². The van der Waals surface area contributed by atoms with Crippen molar-refractivity contribution >= 4 is 0 Å². The summed E-state index contributed by atoms with van der Waals surface area (Å²) in [5, 5.41) is 0. The molecule has 0 atom stereocenters. The van der Waals surface area contributed by atoms with Crippen molar-refractivity contribution in [2.45, 2.75) is 20.3 Å². The van der Waals surface area contributed by atoms with Gasteiger partial charge in [-0.3, -0.25) is 4.98 Å². The zero-order valence-corrected chi connectivity index (χ0v) is 7.00. The minimum atomic E-state index is 0.715. The quantitative estimate of drug-likeness (QED) is 0.659. The first kappa shape index (κ1) is 8.05. The van der Waals surface area contributed by atoms with Crippen LogP contribution in [0.3, 0.4) is 0 Å². The van der Waals surface area contributed by atoms with Crippen LogP contribution in [0.15, 0.2) is 18.3 Å². The maximum Gasteiger partial charge on any atom is 0.122 e. The zero-order chi connectivity index (χ0) is 8.10. The molecule has 0 N–H and O–H groups in total. The number of hydrogen-bond acceptors (Lipinski definition) is 2.